The van der Waals surface area contributed by atoms with Crippen LogP contribution >= 0.6 is 0 Å². The molecule has 0 heterocycles. The largest absolute Gasteiger partial charge is 1.00 e. The average molecular weight is 466 g/mol. The van der Waals surface area contributed by atoms with Crippen LogP contribution in [0.25, 0.3) is 0 Å². The summed E-state index contributed by atoms with van der Waals surface area (Å²) < 4.78 is 0. The van der Waals surface area contributed by atoms with E-state index in [0.29, 0.717) is 0 Å². The molecule has 23 heteroatoms. The van der Waals surface area contributed by atoms with Crippen LogP contribution in [0.3, 0.4) is 0 Å². The lowest BCUT2D eigenvalue weighted by molar-refractivity contribution is -0.652. The van der Waals surface area contributed by atoms with E-state index < -0.39 is 6.16 Å². The van der Waals surface area contributed by atoms with E-state index in [-0.39, 0.29) is 62.9 Å². The van der Waals surface area contributed by atoms with Crippen LogP contribution < -0.4 is 26.0 Å². The van der Waals surface area contributed by atoms with Gasteiger partial charge in [-0.05, 0) is 6.16 Å². The topological polar surface area (TPSA) is 449 Å². The third-order valence-corrected chi connectivity index (χ3v) is 0.161. The lowest BCUT2D eigenvalue weighted by Gasteiger charge is -1.96. The maximum Gasteiger partial charge on any atom is 1.00 e. The minimum Gasteiger partial charge on any atom is -0.870 e. The van der Waals surface area contributed by atoms with Crippen molar-refractivity contribution in [3.05, 3.63) is 0 Å². The van der Waals surface area contributed by atoms with E-state index in [4.69, 9.17) is 74.4 Å². The van der Waals surface area contributed by atoms with E-state index in [0.717, 1.165) is 0 Å². The summed E-state index contributed by atoms with van der Waals surface area (Å²) in [5.74, 6) is 0. The third-order valence-electron chi connectivity index (χ3n) is 0.161. The Morgan fingerprint density at radius 3 is 0.800 bits per heavy atom. The Bertz CT molecular complexity index is 300. The van der Waals surface area contributed by atoms with Crippen LogP contribution in [-0.4, -0.2) is 71.5 Å². The van der Waals surface area contributed by atoms with Gasteiger partial charge in [-0.1, -0.05) is 0 Å². The first-order valence-electron chi connectivity index (χ1n) is 4.00. The normalized spacial score (nSPS) is 4.13. The Morgan fingerprint density at radius 1 is 0.733 bits per heavy atom. The van der Waals surface area contributed by atoms with Crippen LogP contribution in [0.1, 0.15) is 2.85 Å². The van der Waals surface area contributed by atoms with Crippen molar-refractivity contribution in [1.29, 1.82) is 0 Å². The van der Waals surface area contributed by atoms with Crippen molar-refractivity contribution >= 4 is 44.3 Å². The summed E-state index contributed by atoms with van der Waals surface area (Å²) in [6.07, 6.45) is -1.83. The molecule has 7 N–H and O–H groups in total. The van der Waals surface area contributed by atoms with Crippen LogP contribution in [0.4, 0.5) is 4.79 Å². The summed E-state index contributed by atoms with van der Waals surface area (Å²) in [4.78, 5) is 86.1. The molecule has 0 bridgehead atoms. The van der Waals surface area contributed by atoms with Crippen LogP contribution in [0.15, 0.2) is 0 Å². The minimum atomic E-state index is -2.33. The molecular formula is C7H14O23-6. The Balaban J connectivity index is -0.0000000116. The van der Waals surface area contributed by atoms with Gasteiger partial charge < -0.3 is 72.2 Å². The van der Waals surface area contributed by atoms with E-state index >= 15 is 0 Å². The lowest BCUT2D eigenvalue weighted by Crippen LogP contribution is -2.37. The van der Waals surface area contributed by atoms with Crippen molar-refractivity contribution in [3.8, 4) is 0 Å². The molecule has 0 aliphatic rings. The fourth-order valence-corrected chi connectivity index (χ4v) is 0. The first kappa shape index (κ1) is 72.7. The lowest BCUT2D eigenvalue weighted by atomic mass is 11.5. The molecule has 0 rings (SSSR count). The number of hydrogen-bond acceptors (Lipinski definition) is 21. The molecule has 0 spiro atoms. The zero-order valence-electron chi connectivity index (χ0n) is 14.5. The van der Waals surface area contributed by atoms with E-state index in [1.165, 1.54) is 0 Å². The molecule has 0 unspecified atom stereocenters. The molecule has 0 fully saturated rings. The van der Waals surface area contributed by atoms with Crippen molar-refractivity contribution in [2.24, 2.45) is 0 Å². The van der Waals surface area contributed by atoms with Gasteiger partial charge in [-0.15, -0.1) is 0 Å². The fourth-order valence-electron chi connectivity index (χ4n) is 0. The monoisotopic (exact) mass is 466 g/mol. The Morgan fingerprint density at radius 2 is 0.800 bits per heavy atom. The number of hydrogen-bond donors (Lipinski definition) is 1. The number of carboxylic acid groups (broad SMARTS) is 2. The highest BCUT2D eigenvalue weighted by Crippen LogP contribution is 1.33. The van der Waals surface area contributed by atoms with Crippen LogP contribution in [0.5, 0.6) is 0 Å². The first-order chi connectivity index (χ1) is 12.2. The zero-order valence-corrected chi connectivity index (χ0v) is 13.5. The molecule has 0 aromatic heterocycles. The maximum absolute atomic E-state index is 8.70. The molecule has 0 amide bonds. The summed E-state index contributed by atoms with van der Waals surface area (Å²) in [6, 6.07) is 0. The van der Waals surface area contributed by atoms with E-state index in [1.54, 1.807) is 0 Å². The maximum atomic E-state index is 8.70. The summed E-state index contributed by atoms with van der Waals surface area (Å²) in [7, 11) is 0. The highest BCUT2D eigenvalue weighted by Gasteiger charge is 1.47. The zero-order chi connectivity index (χ0) is 22.6. The minimum absolute atomic E-state index is 0. The van der Waals surface area contributed by atoms with Gasteiger partial charge in [0.05, 0.1) is 0 Å². The van der Waals surface area contributed by atoms with Gasteiger partial charge in [0, 0.05) is 1.43 Å². The second-order valence-electron chi connectivity index (χ2n) is 1.20. The Labute approximate surface area is 164 Å². The Hall–Kier alpha value is -4.41. The van der Waals surface area contributed by atoms with Gasteiger partial charge in [-0.3, -0.25) is 19.2 Å². The van der Waals surface area contributed by atoms with Crippen LogP contribution in [-0.2, 0) is 57.9 Å². The van der Waals surface area contributed by atoms with Crippen molar-refractivity contribution in [1.82, 2.24) is 0 Å². The smallest absolute Gasteiger partial charge is 0.870 e. The van der Waals surface area contributed by atoms with Gasteiger partial charge in [0.1, 0.15) is 0 Å². The van der Waals surface area contributed by atoms with E-state index in [1.807, 2.05) is 0 Å². The Kier molecular flexibility index (Phi) is 449. The second kappa shape index (κ2) is 185. The van der Waals surface area contributed by atoms with Gasteiger partial charge in [0.25, 0.3) is 19.4 Å². The predicted octanol–water partition coefficient (Wildman–Crippen LogP) is -10.3. The van der Waals surface area contributed by atoms with Gasteiger partial charge in [-0.25, -0.2) is 5.26 Å². The van der Waals surface area contributed by atoms with Crippen molar-refractivity contribution in [2.75, 3.05) is 0 Å². The molecule has 0 aromatic carbocycles. The summed E-state index contributed by atoms with van der Waals surface area (Å²) in [5.41, 5.74) is 0. The molecule has 0 aliphatic heterocycles. The molecule has 0 saturated carbocycles. The molecule has 30 heavy (non-hydrogen) atoms. The fraction of sp³-hybridized carbons (Fsp3) is 0. The highest BCUT2D eigenvalue weighted by atomic mass is 17.1. The van der Waals surface area contributed by atoms with Crippen molar-refractivity contribution in [2.45, 2.75) is 0 Å². The molecule has 0 saturated heterocycles. The van der Waals surface area contributed by atoms with Crippen LogP contribution in [0, 0.1) is 0 Å². The quantitative estimate of drug-likeness (QED) is 0.228. The SMILES string of the molecule is O.O.O=C([O-])[O-].O=C=O.O=C=O.O=COO.O=CO[O-].O=CO[O-].O=CO[O-].[H+].[HH].[OH-].[OH-]. The van der Waals surface area contributed by atoms with E-state index in [2.05, 4.69) is 19.6 Å². The first-order valence-corrected chi connectivity index (χ1v) is 4.00. The molecule has 0 atom stereocenters. The molecule has 0 aromatic rings. The predicted molar refractivity (Wildman–Crippen MR) is 61.0 cm³/mol. The summed E-state index contributed by atoms with van der Waals surface area (Å²) in [6.45, 7) is -0.611. The summed E-state index contributed by atoms with van der Waals surface area (Å²) >= 11 is 0. The molecule has 0 radical (unpaired) electrons. The molecule has 23 nitrogen and oxygen atoms in total. The average Bonchev–Trinajstić information content (AvgIpc) is 2.63. The van der Waals surface area contributed by atoms with Gasteiger partial charge in [0.2, 0.25) is 0 Å². The molecule has 0 aliphatic carbocycles. The second-order valence-corrected chi connectivity index (χ2v) is 1.20. The highest BCUT2D eigenvalue weighted by molar-refractivity contribution is 5.47. The van der Waals surface area contributed by atoms with Gasteiger partial charge in [-0.2, -0.15) is 19.2 Å². The molecular weight excluding hydrogens is 452 g/mol. The standard InChI is InChI=1S/5CH2O3.2CO2.4H2O.H2/c4*2-1-4-3;2-1(3)4;2*2-1-3;;;;;/h4*1,3H;(H2,2,3,4);;;4*1H2;1H/p-6. The number of carbonyl (C=O) groups excluding carboxylic acids is 9. The molecule has 186 valence electrons. The van der Waals surface area contributed by atoms with Crippen LogP contribution in [0.2, 0.25) is 0 Å². The van der Waals surface area contributed by atoms with Crippen molar-refractivity contribution in [3.63, 3.8) is 0 Å². The van der Waals surface area contributed by atoms with E-state index in [9.17, 15) is 0 Å². The summed E-state index contributed by atoms with van der Waals surface area (Å²) in [5, 5.41) is 49.0. The van der Waals surface area contributed by atoms with Gasteiger partial charge in [0.15, 0.2) is 0 Å². The third kappa shape index (κ3) is 71600. The van der Waals surface area contributed by atoms with Crippen molar-refractivity contribution < 1.29 is 119 Å². The van der Waals surface area contributed by atoms with Gasteiger partial charge >= 0.3 is 20.2 Å². The number of carbonyl (C=O) groups is 5. The number of rotatable bonds is 4.